The Morgan fingerprint density at radius 1 is 1.11 bits per heavy atom. The Hall–Kier alpha value is -0.860. The summed E-state index contributed by atoms with van der Waals surface area (Å²) < 4.78 is 11.7. The third kappa shape index (κ3) is 3.56. The van der Waals surface area contributed by atoms with Crippen LogP contribution in [0.4, 0.5) is 0 Å². The highest BCUT2D eigenvalue weighted by atomic mass is 16.7. The molecule has 100 valence electrons. The lowest BCUT2D eigenvalue weighted by atomic mass is 10.1. The third-order valence-electron chi connectivity index (χ3n) is 3.43. The molecule has 2 heteroatoms. The summed E-state index contributed by atoms with van der Waals surface area (Å²) in [5.74, 6) is 0. The van der Waals surface area contributed by atoms with E-state index in [0.29, 0.717) is 6.10 Å². The molecule has 2 atom stereocenters. The van der Waals surface area contributed by atoms with Crippen LogP contribution in [0.3, 0.4) is 0 Å². The number of benzene rings is 1. The topological polar surface area (TPSA) is 18.5 Å². The molecule has 2 nitrogen and oxygen atoms in total. The Morgan fingerprint density at radius 2 is 1.89 bits per heavy atom. The first kappa shape index (κ1) is 13.6. The lowest BCUT2D eigenvalue weighted by Gasteiger charge is -2.30. The van der Waals surface area contributed by atoms with Crippen molar-refractivity contribution in [2.75, 3.05) is 6.61 Å². The Kier molecular flexibility index (Phi) is 5.21. The van der Waals surface area contributed by atoms with E-state index in [9.17, 15) is 0 Å². The van der Waals surface area contributed by atoms with Crippen LogP contribution in [0.5, 0.6) is 0 Å². The molecule has 0 N–H and O–H groups in total. The minimum Gasteiger partial charge on any atom is -0.348 e. The van der Waals surface area contributed by atoms with E-state index in [4.69, 9.17) is 9.47 Å². The van der Waals surface area contributed by atoms with Crippen LogP contribution in [0, 0.1) is 0 Å². The number of hydrogen-bond acceptors (Lipinski definition) is 2. The van der Waals surface area contributed by atoms with Crippen molar-refractivity contribution in [3.63, 3.8) is 0 Å². The van der Waals surface area contributed by atoms with Crippen LogP contribution in [-0.4, -0.2) is 12.7 Å². The third-order valence-corrected chi connectivity index (χ3v) is 3.43. The van der Waals surface area contributed by atoms with Crippen molar-refractivity contribution in [2.45, 2.75) is 58.3 Å². The van der Waals surface area contributed by atoms with Crippen LogP contribution in [0.25, 0.3) is 0 Å². The van der Waals surface area contributed by atoms with Gasteiger partial charge in [-0.05, 0) is 24.8 Å². The number of ether oxygens (including phenoxy) is 2. The molecular formula is C16H24O2. The molecule has 0 saturated carbocycles. The van der Waals surface area contributed by atoms with Gasteiger partial charge in [-0.25, -0.2) is 0 Å². The van der Waals surface area contributed by atoms with E-state index in [1.165, 1.54) is 18.4 Å². The average Bonchev–Trinajstić information content (AvgIpc) is 2.41. The summed E-state index contributed by atoms with van der Waals surface area (Å²) in [7, 11) is 0. The molecule has 0 radical (unpaired) electrons. The van der Waals surface area contributed by atoms with Crippen molar-refractivity contribution in [3.8, 4) is 0 Å². The molecule has 1 aromatic carbocycles. The van der Waals surface area contributed by atoms with Crippen LogP contribution < -0.4 is 0 Å². The van der Waals surface area contributed by atoms with Gasteiger partial charge in [0.05, 0.1) is 12.7 Å². The second-order valence-corrected chi connectivity index (χ2v) is 5.03. The van der Waals surface area contributed by atoms with Crippen molar-refractivity contribution in [1.82, 2.24) is 0 Å². The molecule has 0 bridgehead atoms. The molecule has 2 rings (SSSR count). The van der Waals surface area contributed by atoms with Gasteiger partial charge in [0.1, 0.15) is 0 Å². The lowest BCUT2D eigenvalue weighted by molar-refractivity contribution is -0.218. The SMILES string of the molecule is CCCc1ccc(C2OCCC(CCC)O2)cc1. The summed E-state index contributed by atoms with van der Waals surface area (Å²) in [6, 6.07) is 8.66. The monoisotopic (exact) mass is 248 g/mol. The van der Waals surface area contributed by atoms with Crippen molar-refractivity contribution in [1.29, 1.82) is 0 Å². The zero-order chi connectivity index (χ0) is 12.8. The van der Waals surface area contributed by atoms with Gasteiger partial charge in [0.25, 0.3) is 0 Å². The number of rotatable bonds is 5. The highest BCUT2D eigenvalue weighted by Crippen LogP contribution is 2.28. The van der Waals surface area contributed by atoms with Crippen LogP contribution in [0.1, 0.15) is 56.9 Å². The Morgan fingerprint density at radius 3 is 2.56 bits per heavy atom. The average molecular weight is 248 g/mol. The van der Waals surface area contributed by atoms with Crippen molar-refractivity contribution >= 4 is 0 Å². The van der Waals surface area contributed by atoms with Gasteiger partial charge in [0.2, 0.25) is 0 Å². The smallest absolute Gasteiger partial charge is 0.184 e. The summed E-state index contributed by atoms with van der Waals surface area (Å²) >= 11 is 0. The van der Waals surface area contributed by atoms with E-state index in [1.54, 1.807) is 0 Å². The van der Waals surface area contributed by atoms with Gasteiger partial charge in [0.15, 0.2) is 6.29 Å². The molecule has 0 aromatic heterocycles. The van der Waals surface area contributed by atoms with Crippen LogP contribution in [-0.2, 0) is 15.9 Å². The molecule has 1 heterocycles. The standard InChI is InChI=1S/C16H24O2/c1-3-5-13-7-9-14(10-8-13)16-17-12-11-15(18-16)6-4-2/h7-10,15-16H,3-6,11-12H2,1-2H3. The summed E-state index contributed by atoms with van der Waals surface area (Å²) in [5, 5.41) is 0. The van der Waals surface area contributed by atoms with Crippen molar-refractivity contribution in [3.05, 3.63) is 35.4 Å². The predicted molar refractivity (Wildman–Crippen MR) is 73.5 cm³/mol. The molecule has 18 heavy (non-hydrogen) atoms. The van der Waals surface area contributed by atoms with E-state index >= 15 is 0 Å². The first-order valence-electron chi connectivity index (χ1n) is 7.19. The quantitative estimate of drug-likeness (QED) is 0.775. The summed E-state index contributed by atoms with van der Waals surface area (Å²) in [6.07, 6.45) is 5.87. The molecule has 0 aliphatic carbocycles. The second kappa shape index (κ2) is 6.91. The van der Waals surface area contributed by atoms with Gasteiger partial charge in [0, 0.05) is 5.56 Å². The summed E-state index contributed by atoms with van der Waals surface area (Å²) in [5.41, 5.74) is 2.54. The maximum absolute atomic E-state index is 5.99. The van der Waals surface area contributed by atoms with Gasteiger partial charge >= 0.3 is 0 Å². The van der Waals surface area contributed by atoms with Gasteiger partial charge in [-0.1, -0.05) is 51.0 Å². The van der Waals surface area contributed by atoms with Gasteiger partial charge in [-0.3, -0.25) is 0 Å². The van der Waals surface area contributed by atoms with Crippen LogP contribution >= 0.6 is 0 Å². The summed E-state index contributed by atoms with van der Waals surface area (Å²) in [6.45, 7) is 5.22. The molecule has 0 amide bonds. The second-order valence-electron chi connectivity index (χ2n) is 5.03. The number of aryl methyl sites for hydroxylation is 1. The normalized spacial score (nSPS) is 24.1. The Bertz CT molecular complexity index is 343. The lowest BCUT2D eigenvalue weighted by Crippen LogP contribution is -2.26. The minimum atomic E-state index is -0.161. The highest BCUT2D eigenvalue weighted by molar-refractivity contribution is 5.23. The fourth-order valence-electron chi connectivity index (χ4n) is 2.43. The maximum Gasteiger partial charge on any atom is 0.184 e. The number of hydrogen-bond donors (Lipinski definition) is 0. The van der Waals surface area contributed by atoms with Crippen LogP contribution in [0.15, 0.2) is 24.3 Å². The van der Waals surface area contributed by atoms with E-state index < -0.39 is 0 Å². The van der Waals surface area contributed by atoms with E-state index in [2.05, 4.69) is 38.1 Å². The van der Waals surface area contributed by atoms with E-state index in [-0.39, 0.29) is 6.29 Å². The molecule has 2 unspecified atom stereocenters. The van der Waals surface area contributed by atoms with Crippen molar-refractivity contribution in [2.24, 2.45) is 0 Å². The molecule has 1 saturated heterocycles. The first-order chi connectivity index (χ1) is 8.83. The fraction of sp³-hybridized carbons (Fsp3) is 0.625. The van der Waals surface area contributed by atoms with Gasteiger partial charge < -0.3 is 9.47 Å². The maximum atomic E-state index is 5.99. The Labute approximate surface area is 110 Å². The zero-order valence-electron chi connectivity index (χ0n) is 11.5. The Balaban J connectivity index is 1.97. The highest BCUT2D eigenvalue weighted by Gasteiger charge is 2.23. The van der Waals surface area contributed by atoms with Crippen LogP contribution in [0.2, 0.25) is 0 Å². The van der Waals surface area contributed by atoms with E-state index in [0.717, 1.165) is 31.4 Å². The largest absolute Gasteiger partial charge is 0.348 e. The molecule has 1 fully saturated rings. The molecule has 1 aromatic rings. The van der Waals surface area contributed by atoms with Gasteiger partial charge in [-0.2, -0.15) is 0 Å². The minimum absolute atomic E-state index is 0.161. The first-order valence-corrected chi connectivity index (χ1v) is 7.19. The molecule has 1 aliphatic rings. The molecular weight excluding hydrogens is 224 g/mol. The molecule has 0 spiro atoms. The predicted octanol–water partition coefficient (Wildman–Crippen LogP) is 4.24. The molecule has 1 aliphatic heterocycles. The van der Waals surface area contributed by atoms with Crippen molar-refractivity contribution < 1.29 is 9.47 Å². The fourth-order valence-corrected chi connectivity index (χ4v) is 2.43. The summed E-state index contributed by atoms with van der Waals surface area (Å²) in [4.78, 5) is 0. The van der Waals surface area contributed by atoms with Gasteiger partial charge in [-0.15, -0.1) is 0 Å². The zero-order valence-corrected chi connectivity index (χ0v) is 11.5. The van der Waals surface area contributed by atoms with E-state index in [1.807, 2.05) is 0 Å².